The van der Waals surface area contributed by atoms with E-state index in [0.29, 0.717) is 39.9 Å². The van der Waals surface area contributed by atoms with Gasteiger partial charge in [0.25, 0.3) is 5.91 Å². The minimum atomic E-state index is -0.329. The van der Waals surface area contributed by atoms with Crippen LogP contribution in [0.15, 0.2) is 43.2 Å². The second kappa shape index (κ2) is 10.2. The van der Waals surface area contributed by atoms with Crippen molar-refractivity contribution in [2.45, 2.75) is 45.6 Å². The number of nitrogens with zero attached hydrogens (tertiary/aromatic N) is 7. The van der Waals surface area contributed by atoms with Gasteiger partial charge in [0.05, 0.1) is 70.7 Å². The molecule has 1 aliphatic carbocycles. The lowest BCUT2D eigenvalue weighted by molar-refractivity contribution is -0.126. The maximum absolute atomic E-state index is 13.2. The van der Waals surface area contributed by atoms with E-state index in [1.165, 1.54) is 31.9 Å². The van der Waals surface area contributed by atoms with Crippen LogP contribution in [0.5, 0.6) is 0 Å². The van der Waals surface area contributed by atoms with E-state index in [4.69, 9.17) is 0 Å². The predicted octanol–water partition coefficient (Wildman–Crippen LogP) is 3.53. The molecule has 4 aromatic rings. The van der Waals surface area contributed by atoms with Crippen molar-refractivity contribution in [3.8, 4) is 11.3 Å². The van der Waals surface area contributed by atoms with Crippen molar-refractivity contribution in [3.05, 3.63) is 54.5 Å². The molecule has 1 aliphatic heterocycles. The van der Waals surface area contributed by atoms with Crippen molar-refractivity contribution < 1.29 is 9.59 Å². The summed E-state index contributed by atoms with van der Waals surface area (Å²) in [5.41, 5.74) is 4.27. The van der Waals surface area contributed by atoms with E-state index in [9.17, 15) is 9.59 Å². The van der Waals surface area contributed by atoms with Crippen LogP contribution in [-0.2, 0) is 11.8 Å². The maximum atomic E-state index is 13.2. The summed E-state index contributed by atoms with van der Waals surface area (Å²) < 4.78 is 3.33. The number of amides is 2. The number of carbonyl (C=O) groups excluding carboxylic acids is 2. The van der Waals surface area contributed by atoms with Crippen LogP contribution < -0.4 is 10.6 Å². The van der Waals surface area contributed by atoms with Gasteiger partial charge in [0, 0.05) is 37.9 Å². The molecule has 0 aromatic carbocycles. The lowest BCUT2D eigenvalue weighted by Crippen LogP contribution is -2.56. The molecule has 0 radical (unpaired) electrons. The zero-order valence-corrected chi connectivity index (χ0v) is 22.5. The second-order valence-electron chi connectivity index (χ2n) is 10.8. The minimum Gasteiger partial charge on any atom is -0.324 e. The fourth-order valence-corrected chi connectivity index (χ4v) is 5.67. The molecule has 0 bridgehead atoms. The normalized spacial score (nSPS) is 17.3. The van der Waals surface area contributed by atoms with Crippen molar-refractivity contribution in [1.29, 1.82) is 0 Å². The smallest absolute Gasteiger partial charge is 0.259 e. The van der Waals surface area contributed by atoms with E-state index in [-0.39, 0.29) is 17.7 Å². The van der Waals surface area contributed by atoms with Crippen LogP contribution in [0.4, 0.5) is 11.4 Å². The minimum absolute atomic E-state index is 0.00840. The van der Waals surface area contributed by atoms with Crippen LogP contribution in [0.2, 0.25) is 0 Å². The van der Waals surface area contributed by atoms with Gasteiger partial charge in [0.2, 0.25) is 5.91 Å². The highest BCUT2D eigenvalue weighted by Gasteiger charge is 2.38. The Morgan fingerprint density at radius 3 is 2.54 bits per heavy atom. The second-order valence-corrected chi connectivity index (χ2v) is 10.8. The number of hydrogen-bond acceptors (Lipinski definition) is 7. The molecular formula is C28H33N9O2. The molecule has 2 fully saturated rings. The number of hydrogen-bond donors (Lipinski definition) is 2. The summed E-state index contributed by atoms with van der Waals surface area (Å²) in [5.74, 6) is 0.389. The Kier molecular flexibility index (Phi) is 6.59. The maximum Gasteiger partial charge on any atom is 0.259 e. The summed E-state index contributed by atoms with van der Waals surface area (Å²) in [6, 6.07) is 2.29. The van der Waals surface area contributed by atoms with E-state index in [1.54, 1.807) is 40.1 Å². The van der Waals surface area contributed by atoms with Gasteiger partial charge in [-0.2, -0.15) is 10.2 Å². The number of likely N-dealkylation sites (tertiary alicyclic amines) is 1. The van der Waals surface area contributed by atoms with Crippen molar-refractivity contribution in [2.24, 2.45) is 18.9 Å². The number of pyridine rings is 1. The van der Waals surface area contributed by atoms with Gasteiger partial charge in [0.15, 0.2) is 0 Å². The van der Waals surface area contributed by atoms with Crippen LogP contribution >= 0.6 is 0 Å². The first-order valence-corrected chi connectivity index (χ1v) is 13.5. The highest BCUT2D eigenvalue weighted by molar-refractivity contribution is 6.09. The van der Waals surface area contributed by atoms with E-state index in [1.807, 2.05) is 20.2 Å². The molecule has 6 rings (SSSR count). The van der Waals surface area contributed by atoms with E-state index < -0.39 is 0 Å². The average Bonchev–Trinajstić information content (AvgIpc) is 3.65. The number of fused-ring (bicyclic) bond motifs is 1. The molecule has 39 heavy (non-hydrogen) atoms. The van der Waals surface area contributed by atoms with Gasteiger partial charge < -0.3 is 10.6 Å². The molecule has 4 aromatic heterocycles. The average molecular weight is 528 g/mol. The number of rotatable bonds is 7. The molecule has 0 spiro atoms. The first kappa shape index (κ1) is 25.2. The number of nitrogens with one attached hydrogen (secondary N) is 2. The molecule has 11 heteroatoms. The highest BCUT2D eigenvalue weighted by Crippen LogP contribution is 2.33. The molecule has 5 heterocycles. The summed E-state index contributed by atoms with van der Waals surface area (Å²) in [6.07, 6.45) is 15.4. The van der Waals surface area contributed by atoms with E-state index >= 15 is 0 Å². The third-order valence-corrected chi connectivity index (χ3v) is 8.19. The lowest BCUT2D eigenvalue weighted by Gasteiger charge is -2.44. The molecule has 1 atom stereocenters. The fourth-order valence-electron chi connectivity index (χ4n) is 5.67. The first-order valence-electron chi connectivity index (χ1n) is 13.5. The Balaban J connectivity index is 1.10. The Morgan fingerprint density at radius 1 is 1.00 bits per heavy atom. The third-order valence-electron chi connectivity index (χ3n) is 8.19. The van der Waals surface area contributed by atoms with Crippen molar-refractivity contribution in [2.75, 3.05) is 23.7 Å². The molecule has 202 valence electrons. The van der Waals surface area contributed by atoms with Crippen LogP contribution in [0.25, 0.3) is 16.8 Å². The van der Waals surface area contributed by atoms with Crippen LogP contribution in [0, 0.1) is 18.8 Å². The quantitative estimate of drug-likeness (QED) is 0.377. The molecular weight excluding hydrogens is 494 g/mol. The summed E-state index contributed by atoms with van der Waals surface area (Å²) in [6.45, 7) is 5.69. The molecule has 1 saturated carbocycles. The molecule has 2 amide bonds. The Hall–Kier alpha value is -4.12. The Labute approximate surface area is 226 Å². The van der Waals surface area contributed by atoms with Gasteiger partial charge in [-0.05, 0) is 38.7 Å². The van der Waals surface area contributed by atoms with Gasteiger partial charge >= 0.3 is 0 Å². The van der Waals surface area contributed by atoms with Crippen molar-refractivity contribution in [3.63, 3.8) is 0 Å². The van der Waals surface area contributed by atoms with Gasteiger partial charge in [-0.3, -0.25) is 29.1 Å². The summed E-state index contributed by atoms with van der Waals surface area (Å²) in [4.78, 5) is 37.4. The fraction of sp³-hybridized carbons (Fsp3) is 0.429. The lowest BCUT2D eigenvalue weighted by atomic mass is 9.90. The highest BCUT2D eigenvalue weighted by atomic mass is 16.2. The van der Waals surface area contributed by atoms with Gasteiger partial charge in [0.1, 0.15) is 0 Å². The van der Waals surface area contributed by atoms with Gasteiger partial charge in [-0.25, -0.2) is 4.52 Å². The Bertz CT molecular complexity index is 1530. The predicted molar refractivity (Wildman–Crippen MR) is 147 cm³/mol. The summed E-state index contributed by atoms with van der Waals surface area (Å²) in [5, 5.41) is 14.4. The summed E-state index contributed by atoms with van der Waals surface area (Å²) >= 11 is 0. The zero-order valence-electron chi connectivity index (χ0n) is 22.5. The monoisotopic (exact) mass is 527 g/mol. The number of anilines is 2. The van der Waals surface area contributed by atoms with Crippen LogP contribution in [-0.4, -0.2) is 65.2 Å². The Morgan fingerprint density at radius 2 is 1.79 bits per heavy atom. The first-order chi connectivity index (χ1) is 18.9. The molecule has 1 saturated heterocycles. The summed E-state index contributed by atoms with van der Waals surface area (Å²) in [7, 11) is 1.84. The van der Waals surface area contributed by atoms with Crippen LogP contribution in [0.1, 0.15) is 48.7 Å². The largest absolute Gasteiger partial charge is 0.324 e. The third kappa shape index (κ3) is 5.01. The van der Waals surface area contributed by atoms with Crippen molar-refractivity contribution in [1.82, 2.24) is 34.3 Å². The SMILES string of the molecule is Cc1ncc(NC(=O)C2CN(C(C)C3CCCC3)C2)cc1NC(=O)c1cnn2cc(-c3cnn(C)c3)ncc12. The number of carbonyl (C=O) groups is 2. The van der Waals surface area contributed by atoms with Gasteiger partial charge in [-0.15, -0.1) is 0 Å². The van der Waals surface area contributed by atoms with E-state index in [0.717, 1.165) is 24.6 Å². The topological polar surface area (TPSA) is 122 Å². The van der Waals surface area contributed by atoms with E-state index in [2.05, 4.69) is 42.6 Å². The number of aromatic nitrogens is 6. The van der Waals surface area contributed by atoms with Crippen LogP contribution in [0.3, 0.4) is 0 Å². The standard InChI is InChI=1S/C28H33N9O2/c1-17-24(8-22(10-29-17)33-27(38)21-14-36(15-21)18(2)19-6-4-5-7-19)34-28(39)23-11-32-37-16-25(30-12-26(23)37)20-9-31-35(3)13-20/h8-13,16,18-19,21H,4-7,14-15H2,1-3H3,(H,33,38)(H,34,39). The molecule has 2 N–H and O–H groups in total. The molecule has 2 aliphatic rings. The van der Waals surface area contributed by atoms with Crippen molar-refractivity contribution >= 4 is 28.7 Å². The zero-order chi connectivity index (χ0) is 27.1. The molecule has 1 unspecified atom stereocenters. The number of aryl methyl sites for hydroxylation is 2. The molecule has 11 nitrogen and oxygen atoms in total. The van der Waals surface area contributed by atoms with Gasteiger partial charge in [-0.1, -0.05) is 12.8 Å².